The van der Waals surface area contributed by atoms with Gasteiger partial charge in [-0.2, -0.15) is 5.26 Å². The zero-order valence-electron chi connectivity index (χ0n) is 13.8. The maximum absolute atomic E-state index is 12.4. The van der Waals surface area contributed by atoms with Gasteiger partial charge in [-0.3, -0.25) is 9.78 Å². The van der Waals surface area contributed by atoms with Gasteiger partial charge >= 0.3 is 0 Å². The second-order valence-corrected chi connectivity index (χ2v) is 5.54. The van der Waals surface area contributed by atoms with Gasteiger partial charge in [0.2, 0.25) is 0 Å². The van der Waals surface area contributed by atoms with Gasteiger partial charge in [-0.05, 0) is 29.8 Å². The van der Waals surface area contributed by atoms with Crippen LogP contribution in [-0.2, 0) is 11.3 Å². The molecule has 2 aromatic carbocycles. The molecule has 0 saturated heterocycles. The lowest BCUT2D eigenvalue weighted by atomic mass is 10.1. The van der Waals surface area contributed by atoms with Crippen molar-refractivity contribution in [2.45, 2.75) is 6.54 Å². The first kappa shape index (κ1) is 17.0. The Balaban J connectivity index is 1.75. The molecule has 0 atom stereocenters. The maximum Gasteiger partial charge on any atom is 0.267 e. The van der Waals surface area contributed by atoms with Crippen LogP contribution in [0.2, 0.25) is 0 Å². The first-order chi connectivity index (χ1) is 12.7. The van der Waals surface area contributed by atoms with Gasteiger partial charge in [-0.1, -0.05) is 24.3 Å². The predicted octanol–water partition coefficient (Wildman–Crippen LogP) is 3.08. The average Bonchev–Trinajstić information content (AvgIpc) is 2.67. The normalized spacial score (nSPS) is 11.0. The highest BCUT2D eigenvalue weighted by molar-refractivity contribution is 6.11. The summed E-state index contributed by atoms with van der Waals surface area (Å²) >= 11 is 0. The number of amides is 1. The Morgan fingerprint density at radius 3 is 2.62 bits per heavy atom. The van der Waals surface area contributed by atoms with Crippen LogP contribution in [0.1, 0.15) is 5.56 Å². The summed E-state index contributed by atoms with van der Waals surface area (Å²) in [6.07, 6.45) is 4.74. The van der Waals surface area contributed by atoms with E-state index in [1.165, 1.54) is 6.20 Å². The van der Waals surface area contributed by atoms with Crippen molar-refractivity contribution in [3.05, 3.63) is 78.3 Å². The lowest BCUT2D eigenvalue weighted by Crippen LogP contribution is -2.16. The Kier molecular flexibility index (Phi) is 5.11. The molecule has 6 nitrogen and oxygen atoms in total. The number of anilines is 1. The molecule has 0 unspecified atom stereocenters. The Hall–Kier alpha value is -3.85. The largest absolute Gasteiger partial charge is 0.507 e. The quantitative estimate of drug-likeness (QED) is 0.488. The molecular weight excluding hydrogens is 328 g/mol. The molecule has 1 amide bonds. The van der Waals surface area contributed by atoms with Crippen molar-refractivity contribution in [1.82, 2.24) is 10.3 Å². The van der Waals surface area contributed by atoms with Crippen LogP contribution in [0, 0.1) is 11.3 Å². The Morgan fingerprint density at radius 1 is 1.12 bits per heavy atom. The molecule has 0 aliphatic carbocycles. The van der Waals surface area contributed by atoms with E-state index in [4.69, 9.17) is 0 Å². The number of phenolic OH excluding ortho intramolecular Hbond substituents is 1. The number of nitrogens with one attached hydrogen (secondary N) is 2. The molecule has 3 aromatic rings. The number of hydrogen-bond donors (Lipinski definition) is 3. The van der Waals surface area contributed by atoms with Gasteiger partial charge in [-0.15, -0.1) is 0 Å². The first-order valence-corrected chi connectivity index (χ1v) is 7.93. The molecule has 3 rings (SSSR count). The molecule has 128 valence electrons. The summed E-state index contributed by atoms with van der Waals surface area (Å²) in [5.74, 6) is -0.390. The summed E-state index contributed by atoms with van der Waals surface area (Å²) in [4.78, 5) is 16.3. The van der Waals surface area contributed by atoms with Gasteiger partial charge in [0.25, 0.3) is 5.91 Å². The highest BCUT2D eigenvalue weighted by atomic mass is 16.3. The Morgan fingerprint density at radius 2 is 1.85 bits per heavy atom. The van der Waals surface area contributed by atoms with E-state index in [2.05, 4.69) is 15.6 Å². The van der Waals surface area contributed by atoms with Crippen molar-refractivity contribution in [3.63, 3.8) is 0 Å². The first-order valence-electron chi connectivity index (χ1n) is 7.93. The third kappa shape index (κ3) is 3.79. The fourth-order valence-electron chi connectivity index (χ4n) is 2.51. The number of nitrogens with zero attached hydrogens (tertiary/aromatic N) is 2. The van der Waals surface area contributed by atoms with Crippen molar-refractivity contribution in [1.29, 1.82) is 5.26 Å². The van der Waals surface area contributed by atoms with Gasteiger partial charge in [0.05, 0.1) is 0 Å². The third-order valence-corrected chi connectivity index (χ3v) is 3.81. The standard InChI is InChI=1S/C20H16N4O2/c21-11-15(13-23-12-14-7-9-22-10-8-14)20(26)24-18-5-1-4-17-16(18)3-2-6-19(17)25/h1-10,13,23,25H,12H2,(H,24,26)/b15-13-. The molecule has 0 saturated carbocycles. The summed E-state index contributed by atoms with van der Waals surface area (Å²) in [5, 5.41) is 26.2. The smallest absolute Gasteiger partial charge is 0.267 e. The molecule has 0 spiro atoms. The van der Waals surface area contributed by atoms with E-state index in [1.807, 2.05) is 18.2 Å². The second-order valence-electron chi connectivity index (χ2n) is 5.54. The molecular formula is C20H16N4O2. The lowest BCUT2D eigenvalue weighted by molar-refractivity contribution is -0.112. The third-order valence-electron chi connectivity index (χ3n) is 3.81. The van der Waals surface area contributed by atoms with Crippen molar-refractivity contribution < 1.29 is 9.90 Å². The Bertz CT molecular complexity index is 1010. The molecule has 0 aliphatic rings. The minimum atomic E-state index is -0.523. The molecule has 1 aromatic heterocycles. The number of carbonyl (C=O) groups is 1. The number of pyridine rings is 1. The monoisotopic (exact) mass is 344 g/mol. The molecule has 0 bridgehead atoms. The van der Waals surface area contributed by atoms with Crippen molar-refractivity contribution in [3.8, 4) is 11.8 Å². The van der Waals surface area contributed by atoms with Gasteiger partial charge in [0, 0.05) is 41.6 Å². The number of phenols is 1. The fourth-order valence-corrected chi connectivity index (χ4v) is 2.51. The summed E-state index contributed by atoms with van der Waals surface area (Å²) < 4.78 is 0. The predicted molar refractivity (Wildman–Crippen MR) is 99.0 cm³/mol. The number of rotatable bonds is 5. The minimum Gasteiger partial charge on any atom is -0.507 e. The summed E-state index contributed by atoms with van der Waals surface area (Å²) in [6, 6.07) is 15.9. The maximum atomic E-state index is 12.4. The number of aromatic nitrogens is 1. The van der Waals surface area contributed by atoms with Gasteiger partial charge in [0.15, 0.2) is 0 Å². The number of benzene rings is 2. The van der Waals surface area contributed by atoms with Crippen LogP contribution in [0.25, 0.3) is 10.8 Å². The van der Waals surface area contributed by atoms with Crippen LogP contribution in [-0.4, -0.2) is 16.0 Å². The van der Waals surface area contributed by atoms with Gasteiger partial charge in [0.1, 0.15) is 17.4 Å². The van der Waals surface area contributed by atoms with E-state index in [-0.39, 0.29) is 11.3 Å². The van der Waals surface area contributed by atoms with E-state index in [0.717, 1.165) is 5.56 Å². The van der Waals surface area contributed by atoms with E-state index in [9.17, 15) is 15.2 Å². The summed E-state index contributed by atoms with van der Waals surface area (Å²) in [6.45, 7) is 0.475. The zero-order valence-corrected chi connectivity index (χ0v) is 13.8. The van der Waals surface area contributed by atoms with E-state index < -0.39 is 5.91 Å². The van der Waals surface area contributed by atoms with E-state index >= 15 is 0 Å². The SMILES string of the molecule is N#C/C(=C/NCc1ccncc1)C(=O)Nc1cccc2c(O)cccc12. The number of nitriles is 1. The highest BCUT2D eigenvalue weighted by Gasteiger charge is 2.11. The molecule has 0 aliphatic heterocycles. The van der Waals surface area contributed by atoms with Crippen LogP contribution in [0.5, 0.6) is 5.75 Å². The van der Waals surface area contributed by atoms with Crippen molar-refractivity contribution >= 4 is 22.4 Å². The van der Waals surface area contributed by atoms with Crippen LogP contribution in [0.3, 0.4) is 0 Å². The van der Waals surface area contributed by atoms with Crippen molar-refractivity contribution in [2.24, 2.45) is 0 Å². The van der Waals surface area contributed by atoms with Crippen LogP contribution < -0.4 is 10.6 Å². The number of hydrogen-bond acceptors (Lipinski definition) is 5. The van der Waals surface area contributed by atoms with Gasteiger partial charge in [-0.25, -0.2) is 0 Å². The van der Waals surface area contributed by atoms with E-state index in [0.29, 0.717) is 23.0 Å². The fraction of sp³-hybridized carbons (Fsp3) is 0.0500. The van der Waals surface area contributed by atoms with Crippen LogP contribution >= 0.6 is 0 Å². The topological polar surface area (TPSA) is 98.0 Å². The zero-order chi connectivity index (χ0) is 18.4. The molecule has 0 radical (unpaired) electrons. The number of aromatic hydroxyl groups is 1. The minimum absolute atomic E-state index is 0.0452. The average molecular weight is 344 g/mol. The van der Waals surface area contributed by atoms with E-state index in [1.54, 1.807) is 48.8 Å². The van der Waals surface area contributed by atoms with Crippen LogP contribution in [0.15, 0.2) is 72.7 Å². The molecule has 0 fully saturated rings. The molecule has 26 heavy (non-hydrogen) atoms. The highest BCUT2D eigenvalue weighted by Crippen LogP contribution is 2.29. The number of carbonyl (C=O) groups excluding carboxylic acids is 1. The number of fused-ring (bicyclic) bond motifs is 1. The Labute approximate surface area is 150 Å². The molecule has 1 heterocycles. The lowest BCUT2D eigenvalue weighted by Gasteiger charge is -2.09. The second kappa shape index (κ2) is 7.81. The van der Waals surface area contributed by atoms with Crippen molar-refractivity contribution in [2.75, 3.05) is 5.32 Å². The molecule has 6 heteroatoms. The van der Waals surface area contributed by atoms with Gasteiger partial charge < -0.3 is 15.7 Å². The van der Waals surface area contributed by atoms with Crippen LogP contribution in [0.4, 0.5) is 5.69 Å². The summed E-state index contributed by atoms with van der Waals surface area (Å²) in [5.41, 5.74) is 1.47. The molecule has 3 N–H and O–H groups in total. The summed E-state index contributed by atoms with van der Waals surface area (Å²) in [7, 11) is 0.